The van der Waals surface area contributed by atoms with Crippen LogP contribution in [0.5, 0.6) is 5.75 Å². The first-order chi connectivity index (χ1) is 26.8. The highest BCUT2D eigenvalue weighted by Gasteiger charge is 2.76. The van der Waals surface area contributed by atoms with E-state index in [-0.39, 0.29) is 38.7 Å². The van der Waals surface area contributed by atoms with Crippen molar-refractivity contribution >= 4 is 52.2 Å². The van der Waals surface area contributed by atoms with Gasteiger partial charge < -0.3 is 28.8 Å². The van der Waals surface area contributed by atoms with Crippen LogP contribution in [-0.2, 0) is 38.7 Å². The zero-order valence-corrected chi connectivity index (χ0v) is 32.1. The topological polar surface area (TPSA) is 141 Å². The normalized spacial score (nSPS) is 24.2. The maximum Gasteiger partial charge on any atom is 0.421 e. The van der Waals surface area contributed by atoms with Crippen molar-refractivity contribution in [3.8, 4) is 5.75 Å². The number of cyclic esters (lactones) is 1. The Bertz CT molecular complexity index is 2060. The molecular formula is C42H39IN2O10. The SMILES string of the molecule is C=CCOC(=O)[C@@H]1[C@H]2C(=O)O[C@H](c3ccccc3)[C@H](c3ccccc3)N2[C@H](c2ccc(OCCO)cc2)[C@@]12C(=O)N(C(=O)OCCOC)c1ccc(I)cc12. The Kier molecular flexibility index (Phi) is 11.3. The number of fused-ring (bicyclic) bond motifs is 3. The number of anilines is 1. The standard InChI is InChI=1S/C42H39IN2O10/c1-3-21-53-38(47)33-35-39(48)55-36(27-12-8-5-9-13-27)34(26-10-6-4-7-11-26)45(35)37(28-14-17-30(18-15-28)52-22-20-46)42(33)31-25-29(43)16-19-32(31)44(40(42)49)41(50)54-24-23-51-2/h3-19,25,33-37,46H,1,20-24H2,2H3/t33-,34-,35-,36+,37+,42-/m0/s1. The molecule has 3 heterocycles. The molecule has 0 aromatic heterocycles. The summed E-state index contributed by atoms with van der Waals surface area (Å²) in [5.74, 6) is -3.38. The number of carbonyl (C=O) groups excluding carboxylic acids is 4. The number of nitrogens with zero attached hydrogens (tertiary/aromatic N) is 2. The van der Waals surface area contributed by atoms with Crippen LogP contribution < -0.4 is 9.64 Å². The Balaban J connectivity index is 1.55. The van der Waals surface area contributed by atoms with Crippen molar-refractivity contribution in [2.24, 2.45) is 5.92 Å². The van der Waals surface area contributed by atoms with Crippen molar-refractivity contribution in [2.45, 2.75) is 29.6 Å². The minimum absolute atomic E-state index is 0.0588. The van der Waals surface area contributed by atoms with Crippen LogP contribution in [0.25, 0.3) is 0 Å². The van der Waals surface area contributed by atoms with E-state index in [1.165, 1.54) is 13.2 Å². The molecule has 0 saturated carbocycles. The van der Waals surface area contributed by atoms with E-state index in [9.17, 15) is 19.5 Å². The summed E-state index contributed by atoms with van der Waals surface area (Å²) < 4.78 is 29.3. The van der Waals surface area contributed by atoms with Gasteiger partial charge in [-0.25, -0.2) is 9.69 Å². The van der Waals surface area contributed by atoms with Crippen LogP contribution in [-0.4, -0.2) is 80.1 Å². The summed E-state index contributed by atoms with van der Waals surface area (Å²) in [5.41, 5.74) is 0.648. The second-order valence-electron chi connectivity index (χ2n) is 13.2. The largest absolute Gasteiger partial charge is 0.491 e. The van der Waals surface area contributed by atoms with E-state index >= 15 is 4.79 Å². The zero-order chi connectivity index (χ0) is 38.7. The van der Waals surface area contributed by atoms with Gasteiger partial charge in [-0.05, 0) is 75.2 Å². The van der Waals surface area contributed by atoms with Gasteiger partial charge in [0.1, 0.15) is 49.0 Å². The second kappa shape index (κ2) is 16.3. The fourth-order valence-corrected chi connectivity index (χ4v) is 8.73. The Hall–Kier alpha value is -5.09. The first kappa shape index (κ1) is 38.2. The lowest BCUT2D eigenvalue weighted by molar-refractivity contribution is -0.180. The third kappa shape index (κ3) is 6.68. The van der Waals surface area contributed by atoms with Crippen molar-refractivity contribution in [3.63, 3.8) is 0 Å². The highest BCUT2D eigenvalue weighted by atomic mass is 127. The molecule has 2 amide bonds. The van der Waals surface area contributed by atoms with Crippen LogP contribution in [0.3, 0.4) is 0 Å². The molecule has 4 aromatic carbocycles. The Morgan fingerprint density at radius 3 is 2.22 bits per heavy atom. The molecule has 4 aromatic rings. The number of ether oxygens (including phenoxy) is 5. The number of amides is 2. The number of esters is 2. The predicted octanol–water partition coefficient (Wildman–Crippen LogP) is 5.84. The summed E-state index contributed by atoms with van der Waals surface area (Å²) in [4.78, 5) is 62.2. The van der Waals surface area contributed by atoms with Gasteiger partial charge >= 0.3 is 18.0 Å². The number of imide groups is 1. The molecule has 0 radical (unpaired) electrons. The molecule has 0 aliphatic carbocycles. The van der Waals surface area contributed by atoms with Gasteiger partial charge in [0.15, 0.2) is 0 Å². The molecular weight excluding hydrogens is 819 g/mol. The summed E-state index contributed by atoms with van der Waals surface area (Å²) in [6.07, 6.45) is -0.422. The highest BCUT2D eigenvalue weighted by Crippen LogP contribution is 2.66. The van der Waals surface area contributed by atoms with Crippen LogP contribution in [0.4, 0.5) is 10.5 Å². The van der Waals surface area contributed by atoms with E-state index in [4.69, 9.17) is 23.7 Å². The molecule has 13 heteroatoms. The Labute approximate surface area is 331 Å². The van der Waals surface area contributed by atoms with Gasteiger partial charge in [0, 0.05) is 10.7 Å². The number of benzene rings is 4. The van der Waals surface area contributed by atoms with Crippen molar-refractivity contribution in [2.75, 3.05) is 45.0 Å². The quantitative estimate of drug-likeness (QED) is 0.0605. The zero-order valence-electron chi connectivity index (χ0n) is 29.9. The van der Waals surface area contributed by atoms with Gasteiger partial charge in [-0.1, -0.05) is 85.5 Å². The van der Waals surface area contributed by atoms with Gasteiger partial charge in [-0.2, -0.15) is 0 Å². The third-order valence-corrected chi connectivity index (χ3v) is 10.9. The molecule has 0 bridgehead atoms. The van der Waals surface area contributed by atoms with Gasteiger partial charge in [0.2, 0.25) is 5.91 Å². The van der Waals surface area contributed by atoms with Gasteiger partial charge in [0.05, 0.1) is 31.0 Å². The lowest BCUT2D eigenvalue weighted by Gasteiger charge is -2.46. The monoisotopic (exact) mass is 858 g/mol. The highest BCUT2D eigenvalue weighted by molar-refractivity contribution is 14.1. The number of hydrogen-bond donors (Lipinski definition) is 1. The predicted molar refractivity (Wildman–Crippen MR) is 208 cm³/mol. The summed E-state index contributed by atoms with van der Waals surface area (Å²) >= 11 is 2.12. The molecule has 284 valence electrons. The number of rotatable bonds is 12. The fourth-order valence-electron chi connectivity index (χ4n) is 8.24. The number of aliphatic hydroxyl groups is 1. The third-order valence-electron chi connectivity index (χ3n) is 10.3. The van der Waals surface area contributed by atoms with E-state index in [0.717, 1.165) is 14.0 Å². The first-order valence-electron chi connectivity index (χ1n) is 17.8. The smallest absolute Gasteiger partial charge is 0.421 e. The molecule has 7 rings (SSSR count). The molecule has 6 atom stereocenters. The number of morpholine rings is 1. The molecule has 0 unspecified atom stereocenters. The number of halogens is 1. The number of hydrogen-bond acceptors (Lipinski definition) is 11. The van der Waals surface area contributed by atoms with Crippen LogP contribution in [0.1, 0.15) is 40.4 Å². The number of carbonyl (C=O) groups is 4. The Morgan fingerprint density at radius 1 is 0.873 bits per heavy atom. The summed E-state index contributed by atoms with van der Waals surface area (Å²) in [6.45, 7) is 3.33. The molecule has 55 heavy (non-hydrogen) atoms. The Morgan fingerprint density at radius 2 is 1.56 bits per heavy atom. The summed E-state index contributed by atoms with van der Waals surface area (Å²) in [5, 5.41) is 9.42. The van der Waals surface area contributed by atoms with Crippen LogP contribution >= 0.6 is 22.6 Å². The molecule has 2 fully saturated rings. The van der Waals surface area contributed by atoms with Crippen LogP contribution in [0.2, 0.25) is 0 Å². The molecule has 12 nitrogen and oxygen atoms in total. The average molecular weight is 859 g/mol. The van der Waals surface area contributed by atoms with E-state index < -0.39 is 59.5 Å². The minimum atomic E-state index is -1.94. The van der Waals surface area contributed by atoms with Gasteiger partial charge in [0.25, 0.3) is 0 Å². The van der Waals surface area contributed by atoms with E-state index in [1.54, 1.807) is 42.5 Å². The first-order valence-corrected chi connectivity index (χ1v) is 18.8. The van der Waals surface area contributed by atoms with Crippen molar-refractivity contribution in [1.29, 1.82) is 0 Å². The minimum Gasteiger partial charge on any atom is -0.491 e. The van der Waals surface area contributed by atoms with Crippen molar-refractivity contribution in [3.05, 3.63) is 142 Å². The van der Waals surface area contributed by atoms with Crippen LogP contribution in [0.15, 0.2) is 116 Å². The summed E-state index contributed by atoms with van der Waals surface area (Å²) in [7, 11) is 1.46. The molecule has 1 spiro atoms. The van der Waals surface area contributed by atoms with Crippen LogP contribution in [0, 0.1) is 9.49 Å². The van der Waals surface area contributed by atoms with Gasteiger partial charge in [-0.3, -0.25) is 19.3 Å². The maximum atomic E-state index is 15.7. The summed E-state index contributed by atoms with van der Waals surface area (Å²) in [6, 6.07) is 27.7. The van der Waals surface area contributed by atoms with Crippen molar-refractivity contribution < 1.29 is 48.0 Å². The molecule has 3 aliphatic rings. The van der Waals surface area contributed by atoms with E-state index in [2.05, 4.69) is 29.2 Å². The second-order valence-corrected chi connectivity index (χ2v) is 14.5. The lowest BCUT2D eigenvalue weighted by atomic mass is 9.65. The maximum absolute atomic E-state index is 15.7. The molecule has 3 aliphatic heterocycles. The molecule has 1 N–H and O–H groups in total. The fraction of sp³-hybridized carbons (Fsp3) is 0.286. The average Bonchev–Trinajstić information content (AvgIpc) is 3.66. The molecule has 2 saturated heterocycles. The number of aliphatic hydroxyl groups excluding tert-OH is 1. The van der Waals surface area contributed by atoms with Crippen molar-refractivity contribution in [1.82, 2.24) is 4.90 Å². The number of methoxy groups -OCH3 is 1. The van der Waals surface area contributed by atoms with E-state index in [0.29, 0.717) is 22.4 Å². The van der Waals surface area contributed by atoms with Gasteiger partial charge in [-0.15, -0.1) is 0 Å². The van der Waals surface area contributed by atoms with E-state index in [1.807, 2.05) is 65.6 Å². The lowest BCUT2D eigenvalue weighted by Crippen LogP contribution is -2.53.